The van der Waals surface area contributed by atoms with Gasteiger partial charge >= 0.3 is 0 Å². The van der Waals surface area contributed by atoms with Gasteiger partial charge in [0.05, 0.1) is 33.2 Å². The summed E-state index contributed by atoms with van der Waals surface area (Å²) in [6, 6.07) is 9.67. The van der Waals surface area contributed by atoms with Crippen LogP contribution in [-0.4, -0.2) is 36.0 Å². The van der Waals surface area contributed by atoms with Gasteiger partial charge < -0.3 is 9.80 Å². The molecule has 1 heterocycles. The maximum Gasteiger partial charge on any atom is 0.299 e. The van der Waals surface area contributed by atoms with Crippen LogP contribution >= 0.6 is 0 Å². The van der Waals surface area contributed by atoms with E-state index in [0.717, 1.165) is 6.07 Å². The van der Waals surface area contributed by atoms with Crippen molar-refractivity contribution in [1.82, 2.24) is 0 Å². The lowest BCUT2D eigenvalue weighted by atomic mass is 10.1. The first-order valence-electron chi connectivity index (χ1n) is 8.03. The number of nitrogens with zero attached hydrogens (tertiary/aromatic N) is 5. The fourth-order valence-corrected chi connectivity index (χ4v) is 3.06. The highest BCUT2D eigenvalue weighted by Crippen LogP contribution is 2.33. The summed E-state index contributed by atoms with van der Waals surface area (Å²) in [7, 11) is 0. The van der Waals surface area contributed by atoms with Crippen molar-refractivity contribution >= 4 is 22.7 Å². The number of halogens is 1. The molecule has 2 aromatic rings. The van der Waals surface area contributed by atoms with Gasteiger partial charge in [-0.05, 0) is 24.3 Å². The Morgan fingerprint density at radius 2 is 1.52 bits per heavy atom. The van der Waals surface area contributed by atoms with Crippen LogP contribution in [0.15, 0.2) is 36.4 Å². The van der Waals surface area contributed by atoms with Crippen molar-refractivity contribution in [3.63, 3.8) is 0 Å². The molecule has 0 radical (unpaired) electrons. The summed E-state index contributed by atoms with van der Waals surface area (Å²) in [4.78, 5) is 24.4. The van der Waals surface area contributed by atoms with Crippen molar-refractivity contribution in [3.8, 4) is 6.07 Å². The van der Waals surface area contributed by atoms with Crippen LogP contribution in [0.5, 0.6) is 0 Å². The van der Waals surface area contributed by atoms with Gasteiger partial charge in [0.2, 0.25) is 0 Å². The quantitative estimate of drug-likeness (QED) is 0.599. The smallest absolute Gasteiger partial charge is 0.299 e. The van der Waals surface area contributed by atoms with Crippen LogP contribution in [0.3, 0.4) is 0 Å². The number of piperazine rings is 1. The van der Waals surface area contributed by atoms with E-state index in [1.807, 2.05) is 6.07 Å². The number of nitro benzene ring substituents is 2. The largest absolute Gasteiger partial charge is 0.366 e. The molecule has 10 heteroatoms. The molecule has 0 amide bonds. The van der Waals surface area contributed by atoms with Crippen LogP contribution < -0.4 is 9.80 Å². The Balaban J connectivity index is 1.79. The lowest BCUT2D eigenvalue weighted by Gasteiger charge is -2.37. The van der Waals surface area contributed by atoms with E-state index in [1.54, 1.807) is 9.80 Å². The molecule has 0 bridgehead atoms. The molecule has 0 aliphatic carbocycles. The highest BCUT2D eigenvalue weighted by atomic mass is 19.1. The monoisotopic (exact) mass is 371 g/mol. The van der Waals surface area contributed by atoms with Gasteiger partial charge in [0, 0.05) is 32.2 Å². The average molecular weight is 371 g/mol. The molecule has 0 saturated carbocycles. The number of nitriles is 1. The third-order valence-electron chi connectivity index (χ3n) is 4.40. The Morgan fingerprint density at radius 1 is 0.926 bits per heavy atom. The Hall–Kier alpha value is -3.74. The maximum atomic E-state index is 14.2. The van der Waals surface area contributed by atoms with Gasteiger partial charge in [-0.25, -0.2) is 4.39 Å². The first kappa shape index (κ1) is 18.1. The number of hydrogen-bond acceptors (Lipinski definition) is 7. The van der Waals surface area contributed by atoms with Crippen molar-refractivity contribution < 1.29 is 14.2 Å². The molecule has 9 nitrogen and oxygen atoms in total. The number of non-ortho nitro benzene ring substituents is 1. The van der Waals surface area contributed by atoms with E-state index in [4.69, 9.17) is 5.26 Å². The lowest BCUT2D eigenvalue weighted by molar-refractivity contribution is -0.393. The van der Waals surface area contributed by atoms with E-state index in [9.17, 15) is 24.6 Å². The molecular weight excluding hydrogens is 357 g/mol. The zero-order chi connectivity index (χ0) is 19.6. The zero-order valence-electron chi connectivity index (χ0n) is 14.0. The molecule has 3 rings (SSSR count). The molecule has 1 aliphatic rings. The second-order valence-corrected chi connectivity index (χ2v) is 5.94. The number of anilines is 2. The van der Waals surface area contributed by atoms with E-state index in [1.165, 1.54) is 30.3 Å². The third-order valence-corrected chi connectivity index (χ3v) is 4.40. The molecular formula is C17H14FN5O4. The second kappa shape index (κ2) is 7.25. The molecule has 138 valence electrons. The van der Waals surface area contributed by atoms with E-state index in [2.05, 4.69) is 0 Å². The number of nitro groups is 2. The third kappa shape index (κ3) is 3.62. The van der Waals surface area contributed by atoms with E-state index in [-0.39, 0.29) is 16.9 Å². The van der Waals surface area contributed by atoms with Gasteiger partial charge in [-0.2, -0.15) is 5.26 Å². The SMILES string of the molecule is N#Cc1ccc(N2CCN(c3ccc([N+](=O)[O-])cc3[N+](=O)[O-])CC2)c(F)c1. The average Bonchev–Trinajstić information content (AvgIpc) is 2.67. The number of hydrogen-bond donors (Lipinski definition) is 0. The maximum absolute atomic E-state index is 14.2. The Labute approximate surface area is 153 Å². The number of benzene rings is 2. The molecule has 0 spiro atoms. The van der Waals surface area contributed by atoms with Gasteiger partial charge in [0.25, 0.3) is 11.4 Å². The number of rotatable bonds is 4. The fraction of sp³-hybridized carbons (Fsp3) is 0.235. The molecule has 1 saturated heterocycles. The first-order valence-corrected chi connectivity index (χ1v) is 8.03. The van der Waals surface area contributed by atoms with Crippen LogP contribution in [0.25, 0.3) is 0 Å². The summed E-state index contributed by atoms with van der Waals surface area (Å²) in [5.41, 5.74) is 0.222. The predicted octanol–water partition coefficient (Wildman–Crippen LogP) is 2.84. The normalized spacial score (nSPS) is 13.9. The topological polar surface area (TPSA) is 117 Å². The van der Waals surface area contributed by atoms with E-state index >= 15 is 0 Å². The Morgan fingerprint density at radius 3 is 2.04 bits per heavy atom. The standard InChI is InChI=1S/C17H14FN5O4/c18-14-9-12(11-19)1-3-15(14)20-5-7-21(8-6-20)16-4-2-13(22(24)25)10-17(16)23(26)27/h1-4,9-10H,5-8H2. The summed E-state index contributed by atoms with van der Waals surface area (Å²) < 4.78 is 14.2. The molecule has 0 atom stereocenters. The van der Waals surface area contributed by atoms with Gasteiger partial charge in [0.1, 0.15) is 11.5 Å². The summed E-state index contributed by atoms with van der Waals surface area (Å²) in [5.74, 6) is -0.496. The van der Waals surface area contributed by atoms with Crippen LogP contribution in [0.4, 0.5) is 27.1 Å². The predicted molar refractivity (Wildman–Crippen MR) is 95.3 cm³/mol. The van der Waals surface area contributed by atoms with E-state index in [0.29, 0.717) is 37.6 Å². The highest BCUT2D eigenvalue weighted by molar-refractivity contribution is 5.67. The van der Waals surface area contributed by atoms with Crippen LogP contribution in [0.2, 0.25) is 0 Å². The second-order valence-electron chi connectivity index (χ2n) is 5.94. The molecule has 2 aromatic carbocycles. The van der Waals surface area contributed by atoms with Gasteiger partial charge in [-0.3, -0.25) is 20.2 Å². The van der Waals surface area contributed by atoms with Crippen molar-refractivity contribution in [2.45, 2.75) is 0 Å². The van der Waals surface area contributed by atoms with Crippen LogP contribution in [-0.2, 0) is 0 Å². The van der Waals surface area contributed by atoms with E-state index < -0.39 is 15.7 Å². The van der Waals surface area contributed by atoms with Crippen LogP contribution in [0.1, 0.15) is 5.56 Å². The zero-order valence-corrected chi connectivity index (χ0v) is 14.0. The first-order chi connectivity index (χ1) is 12.9. The molecule has 0 N–H and O–H groups in total. The highest BCUT2D eigenvalue weighted by Gasteiger charge is 2.27. The molecule has 1 aliphatic heterocycles. The fourth-order valence-electron chi connectivity index (χ4n) is 3.06. The lowest BCUT2D eigenvalue weighted by Crippen LogP contribution is -2.47. The summed E-state index contributed by atoms with van der Waals surface area (Å²) in [6.45, 7) is 1.60. The Kier molecular flexibility index (Phi) is 4.85. The van der Waals surface area contributed by atoms with Crippen molar-refractivity contribution in [1.29, 1.82) is 5.26 Å². The van der Waals surface area contributed by atoms with Gasteiger partial charge in [0.15, 0.2) is 0 Å². The molecule has 0 unspecified atom stereocenters. The van der Waals surface area contributed by atoms with Crippen LogP contribution in [0, 0.1) is 37.4 Å². The molecule has 1 fully saturated rings. The molecule has 27 heavy (non-hydrogen) atoms. The Bertz CT molecular complexity index is 951. The summed E-state index contributed by atoms with van der Waals surface area (Å²) >= 11 is 0. The minimum absolute atomic E-state index is 0.233. The summed E-state index contributed by atoms with van der Waals surface area (Å²) in [6.07, 6.45) is 0. The molecule has 0 aromatic heterocycles. The van der Waals surface area contributed by atoms with Crippen molar-refractivity contribution in [2.24, 2.45) is 0 Å². The van der Waals surface area contributed by atoms with Gasteiger partial charge in [-0.1, -0.05) is 0 Å². The summed E-state index contributed by atoms with van der Waals surface area (Å²) in [5, 5.41) is 31.0. The minimum Gasteiger partial charge on any atom is -0.366 e. The van der Waals surface area contributed by atoms with Crippen molar-refractivity contribution in [3.05, 3.63) is 68.0 Å². The van der Waals surface area contributed by atoms with Gasteiger partial charge in [-0.15, -0.1) is 0 Å². The van der Waals surface area contributed by atoms with Crippen molar-refractivity contribution in [2.75, 3.05) is 36.0 Å². The minimum atomic E-state index is -0.678.